The molecule has 0 bridgehead atoms. The highest BCUT2D eigenvalue weighted by molar-refractivity contribution is 5.94. The van der Waals surface area contributed by atoms with Crippen molar-refractivity contribution in [3.63, 3.8) is 0 Å². The molecule has 8 rings (SSSR count). The van der Waals surface area contributed by atoms with E-state index in [0.717, 1.165) is 131 Å². The van der Waals surface area contributed by atoms with Crippen molar-refractivity contribution in [2.75, 3.05) is 39.3 Å². The topological polar surface area (TPSA) is 97.9 Å². The molecule has 5 unspecified atom stereocenters. The van der Waals surface area contributed by atoms with Gasteiger partial charge in [-0.15, -0.1) is 0 Å². The molecule has 3 heterocycles. The second kappa shape index (κ2) is 35.6. The molecular weight excluding hydrogens is 1030 g/mol. The van der Waals surface area contributed by atoms with Gasteiger partial charge in [0.2, 0.25) is 5.91 Å². The van der Waals surface area contributed by atoms with E-state index < -0.39 is 6.04 Å². The lowest BCUT2D eigenvalue weighted by atomic mass is 9.75. The van der Waals surface area contributed by atoms with Crippen molar-refractivity contribution in [2.24, 2.45) is 46.8 Å². The maximum atomic E-state index is 15.1. The van der Waals surface area contributed by atoms with Gasteiger partial charge in [0.05, 0.1) is 11.7 Å². The lowest BCUT2D eigenvalue weighted by Crippen LogP contribution is -2.59. The summed E-state index contributed by atoms with van der Waals surface area (Å²) in [6, 6.07) is 19.2. The van der Waals surface area contributed by atoms with E-state index in [-0.39, 0.29) is 28.8 Å². The molecule has 5 fully saturated rings. The standard InChI is InChI=1S/C63H96N6O2.C4H6O.2C3H8.C2H6/c1-14-62(10,11)39-55(57(42(3)4)53-26-21-32-64-58(53)43(5)6)54-38-52(28-27-44(54)7)51-25-20-22-47(36-51)37-56(61(71)69-34-19-18-33-65-69)66-60(70)59(50-23-16-17-24-50)67-35-31-48(40-67)41-68(15-2)63(12,13)46(9)45(8)49-29-30-49;5-3-4-1-2-4;2*1-3-2;1-2/h20-22,25-28,32,36,38,42-43,45-46,48-50,56,59,65H,14-19,23-24,29-31,33-35,37,39-41H2,1-13H3,(H,66,70);3-4H,1-2H2;2*3H2,1-2H3;1-2H3/b57-55+;;;;. The molecule has 2 aliphatic heterocycles. The van der Waals surface area contributed by atoms with Crippen LogP contribution in [-0.2, 0) is 20.8 Å². The molecule has 472 valence electrons. The largest absolute Gasteiger partial charge is 0.343 e. The third kappa shape index (κ3) is 21.0. The maximum Gasteiger partial charge on any atom is 0.259 e. The van der Waals surface area contributed by atoms with Gasteiger partial charge in [0, 0.05) is 50.3 Å². The summed E-state index contributed by atoms with van der Waals surface area (Å²) in [6.45, 7) is 48.7. The molecule has 3 aliphatic carbocycles. The van der Waals surface area contributed by atoms with Crippen LogP contribution in [0.25, 0.3) is 22.3 Å². The van der Waals surface area contributed by atoms with E-state index in [1.807, 2.05) is 20.0 Å². The van der Waals surface area contributed by atoms with Gasteiger partial charge in [0.25, 0.3) is 5.91 Å². The van der Waals surface area contributed by atoms with Crippen LogP contribution in [0.5, 0.6) is 0 Å². The zero-order valence-corrected chi connectivity index (χ0v) is 57.2. The van der Waals surface area contributed by atoms with Crippen molar-refractivity contribution in [3.8, 4) is 11.1 Å². The van der Waals surface area contributed by atoms with Crippen LogP contribution < -0.4 is 10.7 Å². The number of rotatable bonds is 23. The van der Waals surface area contributed by atoms with Crippen molar-refractivity contribution in [2.45, 2.75) is 258 Å². The SMILES string of the molecule is CC.CCC.CCC.CCN(CC1CCN(C(C(=O)NC(Cc2cccc(-c3ccc(C)c(/C(CC(C)(C)CC)=C(/c4cccnc4C(C)C)C(C)C)c3)c2)C(=O)N2CCCCN2)C2CCCC2)C1)C(C)(C)C(C)C(C)C1CC1.O=CC1CC1. The predicted molar refractivity (Wildman–Crippen MR) is 360 cm³/mol. The molecular formula is C75H124N6O3. The van der Waals surface area contributed by atoms with Crippen molar-refractivity contribution in [1.29, 1.82) is 0 Å². The lowest BCUT2D eigenvalue weighted by molar-refractivity contribution is -0.141. The minimum absolute atomic E-state index is 0.0355. The Labute approximate surface area is 515 Å². The number of likely N-dealkylation sites (tertiary alicyclic amines) is 1. The minimum Gasteiger partial charge on any atom is -0.343 e. The summed E-state index contributed by atoms with van der Waals surface area (Å²) in [5, 5.41) is 5.28. The van der Waals surface area contributed by atoms with Crippen LogP contribution in [0, 0.1) is 53.8 Å². The van der Waals surface area contributed by atoms with Crippen LogP contribution in [0.3, 0.4) is 0 Å². The number of hydrogen-bond acceptors (Lipinski definition) is 7. The first kappa shape index (κ1) is 72.3. The van der Waals surface area contributed by atoms with Gasteiger partial charge < -0.3 is 10.1 Å². The van der Waals surface area contributed by atoms with Gasteiger partial charge in [0.1, 0.15) is 12.3 Å². The summed E-state index contributed by atoms with van der Waals surface area (Å²) in [4.78, 5) is 49.6. The number of pyridine rings is 1. The first-order chi connectivity index (χ1) is 40.1. The highest BCUT2D eigenvalue weighted by atomic mass is 16.2. The molecule has 9 nitrogen and oxygen atoms in total. The van der Waals surface area contributed by atoms with Crippen LogP contribution in [0.2, 0.25) is 0 Å². The minimum atomic E-state index is -0.681. The van der Waals surface area contributed by atoms with Crippen LogP contribution in [-0.4, -0.2) is 94.8 Å². The van der Waals surface area contributed by atoms with Crippen molar-refractivity contribution in [3.05, 3.63) is 88.7 Å². The Morgan fingerprint density at radius 1 is 0.774 bits per heavy atom. The van der Waals surface area contributed by atoms with Crippen LogP contribution >= 0.6 is 0 Å². The summed E-state index contributed by atoms with van der Waals surface area (Å²) < 4.78 is 0. The highest BCUT2D eigenvalue weighted by Crippen LogP contribution is 2.46. The van der Waals surface area contributed by atoms with E-state index in [4.69, 9.17) is 4.98 Å². The summed E-state index contributed by atoms with van der Waals surface area (Å²) in [6.07, 6.45) is 20.6. The van der Waals surface area contributed by atoms with Crippen LogP contribution in [0.15, 0.2) is 60.8 Å². The second-order valence-electron chi connectivity index (χ2n) is 27.6. The van der Waals surface area contributed by atoms with Gasteiger partial charge in [-0.3, -0.25) is 29.4 Å². The molecule has 2 amide bonds. The molecule has 84 heavy (non-hydrogen) atoms. The average Bonchev–Trinajstić information content (AvgIpc) is 2.45. The zero-order valence-electron chi connectivity index (χ0n) is 57.2. The summed E-state index contributed by atoms with van der Waals surface area (Å²) in [5.41, 5.74) is 14.7. The molecule has 5 atom stereocenters. The fourth-order valence-corrected chi connectivity index (χ4v) is 13.1. The van der Waals surface area contributed by atoms with Gasteiger partial charge >= 0.3 is 0 Å². The fourth-order valence-electron chi connectivity index (χ4n) is 13.1. The number of carbonyl (C=O) groups is 3. The van der Waals surface area contributed by atoms with E-state index in [1.165, 1.54) is 66.4 Å². The molecule has 5 aliphatic rings. The third-order valence-corrected chi connectivity index (χ3v) is 19.0. The average molecular weight is 1160 g/mol. The molecule has 0 radical (unpaired) electrons. The van der Waals surface area contributed by atoms with Crippen molar-refractivity contribution < 1.29 is 14.4 Å². The number of nitrogens with one attached hydrogen (secondary N) is 2. The number of aldehydes is 1. The number of hydrogen-bond donors (Lipinski definition) is 2. The smallest absolute Gasteiger partial charge is 0.259 e. The van der Waals surface area contributed by atoms with Gasteiger partial charge in [-0.1, -0.05) is 185 Å². The van der Waals surface area contributed by atoms with Gasteiger partial charge in [-0.25, -0.2) is 5.43 Å². The van der Waals surface area contributed by atoms with Crippen LogP contribution in [0.4, 0.5) is 0 Å². The zero-order chi connectivity index (χ0) is 62.3. The molecule has 0 spiro atoms. The number of nitrogens with zero attached hydrogens (tertiary/aromatic N) is 4. The monoisotopic (exact) mass is 1160 g/mol. The summed E-state index contributed by atoms with van der Waals surface area (Å²) >= 11 is 0. The van der Waals surface area contributed by atoms with E-state index >= 15 is 4.79 Å². The molecule has 9 heteroatoms. The van der Waals surface area contributed by atoms with Gasteiger partial charge in [-0.2, -0.15) is 0 Å². The molecule has 1 aromatic heterocycles. The lowest BCUT2D eigenvalue weighted by Gasteiger charge is -2.46. The van der Waals surface area contributed by atoms with Gasteiger partial charge in [-0.05, 0) is 202 Å². The fraction of sp³-hybridized carbons (Fsp3) is 0.707. The second-order valence-corrected chi connectivity index (χ2v) is 27.6. The molecule has 2 saturated heterocycles. The molecule has 3 aromatic rings. The Morgan fingerprint density at radius 3 is 1.98 bits per heavy atom. The third-order valence-electron chi connectivity index (χ3n) is 19.0. The number of benzene rings is 2. The summed E-state index contributed by atoms with van der Waals surface area (Å²) in [5.74, 6) is 4.13. The quantitative estimate of drug-likeness (QED) is 0.0913. The number of aryl methyl sites for hydroxylation is 1. The Morgan fingerprint density at radius 2 is 1.43 bits per heavy atom. The Hall–Kier alpha value is -4.18. The number of carbonyl (C=O) groups excluding carboxylic acids is 3. The summed E-state index contributed by atoms with van der Waals surface area (Å²) in [7, 11) is 0. The Bertz CT molecular complexity index is 2450. The molecule has 3 saturated carbocycles. The van der Waals surface area contributed by atoms with Crippen LogP contribution in [0.1, 0.15) is 255 Å². The number of aromatic nitrogens is 1. The van der Waals surface area contributed by atoms with E-state index in [9.17, 15) is 9.59 Å². The normalized spacial score (nSPS) is 19.3. The molecule has 2 N–H and O–H groups in total. The number of amides is 2. The Balaban J connectivity index is 0.00000105. The Kier molecular flexibility index (Phi) is 30.6. The van der Waals surface area contributed by atoms with E-state index in [0.29, 0.717) is 48.5 Å². The number of allylic oxidation sites excluding steroid dienone is 2. The number of hydrazine groups is 1. The first-order valence-electron chi connectivity index (χ1n) is 34.3. The van der Waals surface area contributed by atoms with E-state index in [1.54, 1.807) is 5.01 Å². The highest BCUT2D eigenvalue weighted by Gasteiger charge is 2.44. The van der Waals surface area contributed by atoms with Gasteiger partial charge in [0.15, 0.2) is 0 Å². The van der Waals surface area contributed by atoms with Crippen molar-refractivity contribution >= 4 is 29.2 Å². The van der Waals surface area contributed by atoms with Crippen molar-refractivity contribution in [1.82, 2.24) is 30.5 Å². The first-order valence-corrected chi connectivity index (χ1v) is 34.3. The maximum absolute atomic E-state index is 15.1. The van der Waals surface area contributed by atoms with E-state index in [2.05, 4.69) is 193 Å². The predicted octanol–water partition coefficient (Wildman–Crippen LogP) is 17.8. The molecule has 2 aromatic carbocycles.